The van der Waals surface area contributed by atoms with Crippen molar-refractivity contribution in [1.29, 1.82) is 0 Å². The second-order valence-electron chi connectivity index (χ2n) is 8.03. The van der Waals surface area contributed by atoms with Gasteiger partial charge in [-0.05, 0) is 38.3 Å². The number of thiophene rings is 1. The lowest BCUT2D eigenvalue weighted by atomic mass is 9.95. The Kier molecular flexibility index (Phi) is 6.37. The van der Waals surface area contributed by atoms with E-state index in [1.165, 1.54) is 30.7 Å². The first-order valence-electron chi connectivity index (χ1n) is 10.7. The molecular formula is C23H27N5O4S. The zero-order valence-electron chi connectivity index (χ0n) is 19.1. The third-order valence-corrected chi connectivity index (χ3v) is 7.27. The number of methoxy groups -OCH3 is 2. The fraction of sp³-hybridized carbons (Fsp3) is 0.391. The lowest BCUT2D eigenvalue weighted by molar-refractivity contribution is -0.120. The molecule has 0 saturated carbocycles. The van der Waals surface area contributed by atoms with Gasteiger partial charge in [-0.3, -0.25) is 9.59 Å². The first-order valence-corrected chi connectivity index (χ1v) is 11.5. The largest absolute Gasteiger partial charge is 0.493 e. The number of primary amides is 1. The molecule has 174 valence electrons. The number of amides is 2. The standard InChI is InChI=1S/C23H27N5O4S/c1-12-13(2)33-23-19(12)21(25-11-26-23)28-7-5-14(6-8-28)22(30)27-16-10-18(32-4)17(31-3)9-15(16)20(24)29/h9-11,14H,5-8H2,1-4H3,(H2,24,29)(H,27,30). The predicted molar refractivity (Wildman–Crippen MR) is 129 cm³/mol. The number of aryl methyl sites for hydroxylation is 2. The van der Waals surface area contributed by atoms with Gasteiger partial charge in [-0.15, -0.1) is 11.3 Å². The molecule has 33 heavy (non-hydrogen) atoms. The molecule has 1 aliphatic rings. The van der Waals surface area contributed by atoms with Gasteiger partial charge in [-0.1, -0.05) is 0 Å². The highest BCUT2D eigenvalue weighted by Crippen LogP contribution is 2.36. The first kappa shape index (κ1) is 22.8. The molecule has 4 rings (SSSR count). The number of aromatic nitrogens is 2. The Labute approximate surface area is 195 Å². The van der Waals surface area contributed by atoms with Crippen LogP contribution < -0.4 is 25.4 Å². The molecule has 0 atom stereocenters. The average Bonchev–Trinajstić information content (AvgIpc) is 3.12. The lowest BCUT2D eigenvalue weighted by Crippen LogP contribution is -2.39. The summed E-state index contributed by atoms with van der Waals surface area (Å²) in [5.74, 6) is 0.693. The molecule has 3 N–H and O–H groups in total. The van der Waals surface area contributed by atoms with Crippen molar-refractivity contribution < 1.29 is 19.1 Å². The van der Waals surface area contributed by atoms with Crippen LogP contribution in [0.1, 0.15) is 33.6 Å². The summed E-state index contributed by atoms with van der Waals surface area (Å²) in [6.45, 7) is 5.59. The molecular weight excluding hydrogens is 442 g/mol. The van der Waals surface area contributed by atoms with Crippen molar-refractivity contribution in [1.82, 2.24) is 9.97 Å². The summed E-state index contributed by atoms with van der Waals surface area (Å²) in [5.41, 5.74) is 7.21. The highest BCUT2D eigenvalue weighted by atomic mass is 32.1. The van der Waals surface area contributed by atoms with Gasteiger partial charge >= 0.3 is 0 Å². The number of nitrogens with one attached hydrogen (secondary N) is 1. The second kappa shape index (κ2) is 9.22. The van der Waals surface area contributed by atoms with Gasteiger partial charge in [0.25, 0.3) is 5.91 Å². The topological polar surface area (TPSA) is 120 Å². The minimum atomic E-state index is -0.657. The Balaban J connectivity index is 1.49. The summed E-state index contributed by atoms with van der Waals surface area (Å²) in [7, 11) is 2.96. The zero-order chi connectivity index (χ0) is 23.7. The number of piperidine rings is 1. The van der Waals surface area contributed by atoms with E-state index in [2.05, 4.69) is 34.0 Å². The van der Waals surface area contributed by atoms with Crippen molar-refractivity contribution in [2.24, 2.45) is 11.7 Å². The maximum absolute atomic E-state index is 13.0. The predicted octanol–water partition coefficient (Wildman–Crippen LogP) is 3.28. The monoisotopic (exact) mass is 469 g/mol. The number of carbonyl (C=O) groups is 2. The smallest absolute Gasteiger partial charge is 0.250 e. The number of benzene rings is 1. The summed E-state index contributed by atoms with van der Waals surface area (Å²) < 4.78 is 10.5. The van der Waals surface area contributed by atoms with Crippen LogP contribution in [0.3, 0.4) is 0 Å². The lowest BCUT2D eigenvalue weighted by Gasteiger charge is -2.32. The van der Waals surface area contributed by atoms with Crippen molar-refractivity contribution in [2.45, 2.75) is 26.7 Å². The number of hydrogen-bond acceptors (Lipinski definition) is 8. The van der Waals surface area contributed by atoms with Crippen molar-refractivity contribution in [3.05, 3.63) is 34.5 Å². The molecule has 1 fully saturated rings. The molecule has 1 aliphatic heterocycles. The number of anilines is 2. The summed E-state index contributed by atoms with van der Waals surface area (Å²) in [6, 6.07) is 3.04. The molecule has 0 bridgehead atoms. The molecule has 0 radical (unpaired) electrons. The molecule has 1 aromatic carbocycles. The van der Waals surface area contributed by atoms with Gasteiger partial charge in [-0.2, -0.15) is 0 Å². The molecule has 3 aromatic rings. The van der Waals surface area contributed by atoms with Gasteiger partial charge in [0, 0.05) is 30.0 Å². The summed E-state index contributed by atoms with van der Waals surface area (Å²) in [6.07, 6.45) is 2.94. The maximum Gasteiger partial charge on any atom is 0.250 e. The Hall–Kier alpha value is -3.40. The van der Waals surface area contributed by atoms with E-state index in [0.29, 0.717) is 43.1 Å². The molecule has 10 heteroatoms. The van der Waals surface area contributed by atoms with Crippen molar-refractivity contribution >= 4 is 44.9 Å². The minimum Gasteiger partial charge on any atom is -0.493 e. The number of nitrogens with two attached hydrogens (primary N) is 1. The van der Waals surface area contributed by atoms with E-state index in [0.717, 1.165) is 16.0 Å². The van der Waals surface area contributed by atoms with Crippen molar-refractivity contribution in [3.63, 3.8) is 0 Å². The second-order valence-corrected chi connectivity index (χ2v) is 9.23. The Bertz CT molecular complexity index is 1220. The van der Waals surface area contributed by atoms with E-state index in [1.54, 1.807) is 23.7 Å². The van der Waals surface area contributed by atoms with Crippen LogP contribution in [0, 0.1) is 19.8 Å². The van der Waals surface area contributed by atoms with E-state index < -0.39 is 5.91 Å². The highest BCUT2D eigenvalue weighted by Gasteiger charge is 2.28. The van der Waals surface area contributed by atoms with Gasteiger partial charge in [0.05, 0.1) is 30.9 Å². The Morgan fingerprint density at radius 1 is 1.12 bits per heavy atom. The van der Waals surface area contributed by atoms with E-state index in [4.69, 9.17) is 15.2 Å². The van der Waals surface area contributed by atoms with Crippen LogP contribution in [-0.2, 0) is 4.79 Å². The van der Waals surface area contributed by atoms with Crippen LogP contribution in [0.4, 0.5) is 11.5 Å². The van der Waals surface area contributed by atoms with E-state index >= 15 is 0 Å². The molecule has 1 saturated heterocycles. The first-order chi connectivity index (χ1) is 15.8. The maximum atomic E-state index is 13.0. The minimum absolute atomic E-state index is 0.153. The van der Waals surface area contributed by atoms with Gasteiger partial charge < -0.3 is 25.4 Å². The van der Waals surface area contributed by atoms with E-state index in [-0.39, 0.29) is 17.4 Å². The SMILES string of the molecule is COc1cc(NC(=O)C2CCN(c3ncnc4sc(C)c(C)c34)CC2)c(C(N)=O)cc1OC. The number of rotatable bonds is 6. The van der Waals surface area contributed by atoms with Gasteiger partial charge in [-0.25, -0.2) is 9.97 Å². The molecule has 9 nitrogen and oxygen atoms in total. The van der Waals surface area contributed by atoms with Crippen LogP contribution in [-0.4, -0.2) is 49.1 Å². The van der Waals surface area contributed by atoms with Crippen LogP contribution in [0.2, 0.25) is 0 Å². The molecule has 3 heterocycles. The zero-order valence-corrected chi connectivity index (χ0v) is 19.9. The Morgan fingerprint density at radius 2 is 1.79 bits per heavy atom. The quantitative estimate of drug-likeness (QED) is 0.568. The van der Waals surface area contributed by atoms with E-state index in [9.17, 15) is 9.59 Å². The number of fused-ring (bicyclic) bond motifs is 1. The number of hydrogen-bond donors (Lipinski definition) is 2. The number of nitrogens with zero attached hydrogens (tertiary/aromatic N) is 3. The summed E-state index contributed by atoms with van der Waals surface area (Å²) >= 11 is 1.67. The molecule has 2 amide bonds. The van der Waals surface area contributed by atoms with Crippen molar-refractivity contribution in [3.8, 4) is 11.5 Å². The normalized spacial score (nSPS) is 14.4. The van der Waals surface area contributed by atoms with Gasteiger partial charge in [0.2, 0.25) is 5.91 Å². The fourth-order valence-electron chi connectivity index (χ4n) is 4.18. The Morgan fingerprint density at radius 3 is 2.42 bits per heavy atom. The molecule has 0 unspecified atom stereocenters. The van der Waals surface area contributed by atoms with Crippen molar-refractivity contribution in [2.75, 3.05) is 37.5 Å². The van der Waals surface area contributed by atoms with Crippen LogP contribution >= 0.6 is 11.3 Å². The third kappa shape index (κ3) is 4.30. The fourth-order valence-corrected chi connectivity index (χ4v) is 5.17. The molecule has 2 aromatic heterocycles. The summed E-state index contributed by atoms with van der Waals surface area (Å²) in [5, 5.41) is 3.96. The highest BCUT2D eigenvalue weighted by molar-refractivity contribution is 7.18. The van der Waals surface area contributed by atoms with Gasteiger partial charge in [0.15, 0.2) is 11.5 Å². The van der Waals surface area contributed by atoms with E-state index in [1.807, 2.05) is 0 Å². The summed E-state index contributed by atoms with van der Waals surface area (Å²) in [4.78, 5) is 38.4. The molecule has 0 aliphatic carbocycles. The average molecular weight is 470 g/mol. The van der Waals surface area contributed by atoms with Gasteiger partial charge in [0.1, 0.15) is 17.0 Å². The number of carbonyl (C=O) groups excluding carboxylic acids is 2. The number of ether oxygens (including phenoxy) is 2. The van der Waals surface area contributed by atoms with Crippen LogP contribution in [0.25, 0.3) is 10.2 Å². The van der Waals surface area contributed by atoms with Crippen LogP contribution in [0.5, 0.6) is 11.5 Å². The van der Waals surface area contributed by atoms with Crippen LogP contribution in [0.15, 0.2) is 18.5 Å². The third-order valence-electron chi connectivity index (χ3n) is 6.16. The molecule has 0 spiro atoms.